The molecule has 10 rings (SSSR count). The number of nitrogens with zero attached hydrogens (tertiary/aromatic N) is 9. The number of anilines is 3. The molecule has 63 heavy (non-hydrogen) atoms. The molecule has 2 amide bonds. The summed E-state index contributed by atoms with van der Waals surface area (Å²) in [6.45, 7) is 3.62. The summed E-state index contributed by atoms with van der Waals surface area (Å²) in [5.41, 5.74) is 12.6. The van der Waals surface area contributed by atoms with Crippen molar-refractivity contribution >= 4 is 63.2 Å². The minimum absolute atomic E-state index is 0.0997. The van der Waals surface area contributed by atoms with Gasteiger partial charge in [-0.05, 0) is 84.4 Å². The predicted octanol–water partition coefficient (Wildman–Crippen LogP) is 5.33. The molecule has 316 valence electrons. The third-order valence-corrected chi connectivity index (χ3v) is 10.3. The fourth-order valence-electron chi connectivity index (χ4n) is 7.03. The van der Waals surface area contributed by atoms with Gasteiger partial charge in [-0.1, -0.05) is 23.7 Å². The summed E-state index contributed by atoms with van der Waals surface area (Å²) < 4.78 is 24.2. The van der Waals surface area contributed by atoms with Crippen LogP contribution in [0.25, 0.3) is 56.1 Å². The summed E-state index contributed by atoms with van der Waals surface area (Å²) in [6, 6.07) is 25.8. The molecular formula is C43H36ClFN14O4. The van der Waals surface area contributed by atoms with Gasteiger partial charge in [0.2, 0.25) is 30.5 Å². The molecule has 0 saturated carbocycles. The van der Waals surface area contributed by atoms with Gasteiger partial charge in [-0.3, -0.25) is 20.0 Å². The second kappa shape index (κ2) is 17.6. The Morgan fingerprint density at radius 3 is 2.35 bits per heavy atom. The molecule has 6 N–H and O–H groups in total. The molecule has 7 heterocycles. The molecule has 0 bridgehead atoms. The van der Waals surface area contributed by atoms with Crippen LogP contribution in [0.2, 0.25) is 5.02 Å². The van der Waals surface area contributed by atoms with Gasteiger partial charge in [0.1, 0.15) is 34.9 Å². The van der Waals surface area contributed by atoms with Gasteiger partial charge in [0.05, 0.1) is 22.4 Å². The van der Waals surface area contributed by atoms with Crippen LogP contribution in [0.4, 0.5) is 22.1 Å². The van der Waals surface area contributed by atoms with E-state index in [0.717, 1.165) is 16.7 Å². The normalized spacial score (nSPS) is 14.3. The Kier molecular flexibility index (Phi) is 11.3. The first kappa shape index (κ1) is 40.5. The zero-order valence-corrected chi connectivity index (χ0v) is 34.1. The van der Waals surface area contributed by atoms with E-state index in [-0.39, 0.29) is 36.3 Å². The number of benzene rings is 3. The van der Waals surface area contributed by atoms with E-state index in [1.165, 1.54) is 25.4 Å². The van der Waals surface area contributed by atoms with Gasteiger partial charge in [-0.25, -0.2) is 34.3 Å². The van der Waals surface area contributed by atoms with E-state index in [1.54, 1.807) is 36.4 Å². The van der Waals surface area contributed by atoms with Gasteiger partial charge >= 0.3 is 0 Å². The molecule has 1 fully saturated rings. The third-order valence-electron chi connectivity index (χ3n) is 10.0. The number of fused-ring (bicyclic) bond motifs is 3. The van der Waals surface area contributed by atoms with Crippen LogP contribution >= 0.6 is 11.6 Å². The van der Waals surface area contributed by atoms with Crippen LogP contribution in [0.15, 0.2) is 97.3 Å². The van der Waals surface area contributed by atoms with Crippen LogP contribution in [0.1, 0.15) is 12.5 Å². The predicted molar refractivity (Wildman–Crippen MR) is 233 cm³/mol. The lowest BCUT2D eigenvalue weighted by atomic mass is 10.1. The average Bonchev–Trinajstić information content (AvgIpc) is 4.02. The first-order valence-corrected chi connectivity index (χ1v) is 19.9. The smallest absolute Gasteiger partial charge is 0.244 e. The fraction of sp³-hybridized carbons (Fsp3) is 0.163. The molecule has 1 saturated heterocycles. The Morgan fingerprint density at radius 1 is 0.857 bits per heavy atom. The molecule has 2 aliphatic heterocycles. The highest BCUT2D eigenvalue weighted by atomic mass is 35.5. The maximum Gasteiger partial charge on any atom is 0.244 e. The van der Waals surface area contributed by atoms with Crippen molar-refractivity contribution in [2.45, 2.75) is 19.5 Å². The summed E-state index contributed by atoms with van der Waals surface area (Å²) in [7, 11) is 0. The number of piperazine rings is 1. The lowest BCUT2D eigenvalue weighted by molar-refractivity contribution is -0.122. The van der Waals surface area contributed by atoms with Crippen molar-refractivity contribution in [2.75, 3.05) is 42.4 Å². The van der Waals surface area contributed by atoms with Crippen molar-refractivity contribution in [1.29, 1.82) is 0 Å². The number of nitrogens with one attached hydrogen (secondary N) is 4. The maximum absolute atomic E-state index is 13.4. The molecule has 3 aromatic carbocycles. The Bertz CT molecular complexity index is 2980. The fourth-order valence-corrected chi connectivity index (χ4v) is 7.15. The number of H-pyrrole nitrogens is 1. The zero-order valence-electron chi connectivity index (χ0n) is 33.3. The minimum atomic E-state index is -0.523. The zero-order chi connectivity index (χ0) is 43.5. The number of ether oxygens (including phenoxy) is 2. The molecule has 0 radical (unpaired) electrons. The SMILES string of the molecule is CC(=O)Nc1nc(-c2ncn[nH]2)c2nc(-c3ccc4c(c3)OCO4)ccc2n1.Nc1nc(N2CCNCC2C(=O)NCc2ccc(Cl)cc2)c2nc(-c3ccc(F)cc3)ccc2n1. The summed E-state index contributed by atoms with van der Waals surface area (Å²) in [5.74, 6) is 1.83. The van der Waals surface area contributed by atoms with Crippen LogP contribution in [0.3, 0.4) is 0 Å². The highest BCUT2D eigenvalue weighted by Gasteiger charge is 2.32. The number of hydrogen-bond donors (Lipinski definition) is 5. The standard InChI is InChI=1S/C25H23ClFN7O.C18H13N7O3/c26-17-5-1-15(2-6-17)13-30-24(35)21-14-29-11-12-34(21)23-22-20(32-25(28)33-23)10-9-19(31-22)16-3-7-18(27)8-4-16;1-9(26)21-18-23-12-4-3-11(10-2-5-13-14(6-10)28-8-27-13)22-15(12)16(24-18)17-19-7-20-25-17/h1-10,21,29H,11-14H2,(H,30,35)(H2,28,32,33);2-7H,8H2,1H3,(H,19,20,25)(H,21,23,24,26). The Balaban J connectivity index is 0.000000164. The van der Waals surface area contributed by atoms with Crippen LogP contribution in [-0.4, -0.2) is 89.4 Å². The second-order valence-corrected chi connectivity index (χ2v) is 14.7. The molecular weight excluding hydrogens is 831 g/mol. The van der Waals surface area contributed by atoms with Gasteiger partial charge < -0.3 is 30.7 Å². The van der Waals surface area contributed by atoms with Crippen LogP contribution < -0.4 is 36.1 Å². The van der Waals surface area contributed by atoms with E-state index >= 15 is 0 Å². The lowest BCUT2D eigenvalue weighted by Crippen LogP contribution is -2.58. The Labute approximate surface area is 362 Å². The number of rotatable bonds is 8. The number of halogens is 2. The molecule has 8 aromatic rings. The molecule has 0 spiro atoms. The second-order valence-electron chi connectivity index (χ2n) is 14.3. The monoisotopic (exact) mass is 866 g/mol. The first-order chi connectivity index (χ1) is 30.6. The van der Waals surface area contributed by atoms with Crippen LogP contribution in [0, 0.1) is 5.82 Å². The van der Waals surface area contributed by atoms with Crippen LogP contribution in [-0.2, 0) is 16.1 Å². The molecule has 0 aliphatic carbocycles. The topological polar surface area (TPSA) is 237 Å². The largest absolute Gasteiger partial charge is 0.454 e. The van der Waals surface area contributed by atoms with Crippen molar-refractivity contribution in [1.82, 2.24) is 55.7 Å². The van der Waals surface area contributed by atoms with E-state index in [4.69, 9.17) is 36.8 Å². The first-order valence-electron chi connectivity index (χ1n) is 19.6. The maximum atomic E-state index is 13.4. The number of hydrogen-bond acceptors (Lipinski definition) is 15. The van der Waals surface area contributed by atoms with Crippen molar-refractivity contribution in [2.24, 2.45) is 0 Å². The Hall–Kier alpha value is -7.90. The van der Waals surface area contributed by atoms with E-state index in [1.807, 2.05) is 47.4 Å². The number of nitrogens with two attached hydrogens (primary N) is 1. The van der Waals surface area contributed by atoms with Gasteiger partial charge in [0.15, 0.2) is 23.1 Å². The van der Waals surface area contributed by atoms with Crippen molar-refractivity contribution in [3.05, 3.63) is 114 Å². The third kappa shape index (κ3) is 8.95. The quantitative estimate of drug-likeness (QED) is 0.130. The van der Waals surface area contributed by atoms with E-state index < -0.39 is 6.04 Å². The van der Waals surface area contributed by atoms with Gasteiger partial charge in [0.25, 0.3) is 0 Å². The molecule has 18 nitrogen and oxygen atoms in total. The summed E-state index contributed by atoms with van der Waals surface area (Å²) in [4.78, 5) is 57.8. The number of aromatic nitrogens is 9. The summed E-state index contributed by atoms with van der Waals surface area (Å²) in [6.07, 6.45) is 1.38. The van der Waals surface area contributed by atoms with Crippen molar-refractivity contribution < 1.29 is 23.5 Å². The van der Waals surface area contributed by atoms with E-state index in [9.17, 15) is 14.0 Å². The van der Waals surface area contributed by atoms with E-state index in [0.29, 0.717) is 93.5 Å². The number of carbonyl (C=O) groups is 2. The number of aromatic amines is 1. The van der Waals surface area contributed by atoms with Gasteiger partial charge in [-0.2, -0.15) is 10.1 Å². The van der Waals surface area contributed by atoms with Crippen molar-refractivity contribution in [3.8, 4) is 45.5 Å². The number of nitrogen functional groups attached to an aromatic ring is 1. The highest BCUT2D eigenvalue weighted by molar-refractivity contribution is 6.30. The average molecular weight is 867 g/mol. The van der Waals surface area contributed by atoms with Gasteiger partial charge in [-0.15, -0.1) is 0 Å². The summed E-state index contributed by atoms with van der Waals surface area (Å²) in [5, 5.41) is 16.2. The molecule has 1 atom stereocenters. The number of amides is 2. The van der Waals surface area contributed by atoms with Crippen LogP contribution in [0.5, 0.6) is 11.5 Å². The van der Waals surface area contributed by atoms with E-state index in [2.05, 4.69) is 51.1 Å². The molecule has 20 heteroatoms. The molecule has 5 aromatic heterocycles. The van der Waals surface area contributed by atoms with Gasteiger partial charge in [0, 0.05) is 49.3 Å². The molecule has 1 unspecified atom stereocenters. The number of pyridine rings is 2. The molecule has 2 aliphatic rings. The highest BCUT2D eigenvalue weighted by Crippen LogP contribution is 2.36. The minimum Gasteiger partial charge on any atom is -0.454 e. The lowest BCUT2D eigenvalue weighted by Gasteiger charge is -2.36. The number of carbonyl (C=O) groups excluding carboxylic acids is 2. The summed E-state index contributed by atoms with van der Waals surface area (Å²) >= 11 is 5.95. The Morgan fingerprint density at radius 2 is 1.59 bits per heavy atom. The van der Waals surface area contributed by atoms with Crippen molar-refractivity contribution in [3.63, 3.8) is 0 Å².